The van der Waals surface area contributed by atoms with E-state index in [0.717, 1.165) is 5.56 Å². The standard InChI is InChI=1S/C17H15N5O3S/c23-16(11-6-13-4-2-1-3-5-13)20-14-7-9-15(10-8-14)26(24,25)22-17-18-12-19-21-17/h1-12H,(H,20,23)(H2,18,19,21,22). The second-order valence-corrected chi connectivity index (χ2v) is 6.88. The third kappa shape index (κ3) is 4.54. The van der Waals surface area contributed by atoms with Crippen molar-refractivity contribution in [2.24, 2.45) is 0 Å². The molecule has 0 fully saturated rings. The first-order chi connectivity index (χ1) is 12.5. The van der Waals surface area contributed by atoms with Crippen LogP contribution in [-0.2, 0) is 14.8 Å². The number of H-pyrrole nitrogens is 1. The summed E-state index contributed by atoms with van der Waals surface area (Å²) in [5.41, 5.74) is 1.38. The Morgan fingerprint density at radius 3 is 2.42 bits per heavy atom. The zero-order chi connectivity index (χ0) is 18.4. The molecule has 0 aliphatic heterocycles. The van der Waals surface area contributed by atoms with Crippen LogP contribution in [0.1, 0.15) is 5.56 Å². The highest BCUT2D eigenvalue weighted by atomic mass is 32.2. The number of aromatic nitrogens is 3. The van der Waals surface area contributed by atoms with E-state index in [-0.39, 0.29) is 16.8 Å². The van der Waals surface area contributed by atoms with Crippen LogP contribution in [0.4, 0.5) is 11.6 Å². The lowest BCUT2D eigenvalue weighted by Crippen LogP contribution is -2.14. The average molecular weight is 369 g/mol. The summed E-state index contributed by atoms with van der Waals surface area (Å²) < 4.78 is 26.6. The quantitative estimate of drug-likeness (QED) is 0.576. The lowest BCUT2D eigenvalue weighted by molar-refractivity contribution is -0.111. The Kier molecular flexibility index (Phi) is 5.09. The van der Waals surface area contributed by atoms with E-state index >= 15 is 0 Å². The van der Waals surface area contributed by atoms with Crippen molar-refractivity contribution in [3.05, 3.63) is 72.6 Å². The molecule has 9 heteroatoms. The van der Waals surface area contributed by atoms with Gasteiger partial charge in [-0.25, -0.2) is 18.2 Å². The van der Waals surface area contributed by atoms with Gasteiger partial charge in [-0.1, -0.05) is 30.3 Å². The zero-order valence-corrected chi connectivity index (χ0v) is 14.3. The summed E-state index contributed by atoms with van der Waals surface area (Å²) in [6.07, 6.45) is 4.29. The van der Waals surface area contributed by atoms with E-state index in [4.69, 9.17) is 0 Å². The van der Waals surface area contributed by atoms with Crippen molar-refractivity contribution in [3.63, 3.8) is 0 Å². The molecule has 0 saturated heterocycles. The Morgan fingerprint density at radius 2 is 1.77 bits per heavy atom. The van der Waals surface area contributed by atoms with Crippen molar-refractivity contribution in [3.8, 4) is 0 Å². The largest absolute Gasteiger partial charge is 0.323 e. The van der Waals surface area contributed by atoms with Gasteiger partial charge in [0.25, 0.3) is 10.0 Å². The van der Waals surface area contributed by atoms with Gasteiger partial charge in [0.05, 0.1) is 4.90 Å². The Balaban J connectivity index is 1.64. The van der Waals surface area contributed by atoms with Gasteiger partial charge < -0.3 is 5.32 Å². The van der Waals surface area contributed by atoms with Crippen molar-refractivity contribution in [2.75, 3.05) is 10.0 Å². The molecule has 0 aliphatic carbocycles. The van der Waals surface area contributed by atoms with Crippen LogP contribution < -0.4 is 10.0 Å². The summed E-state index contributed by atoms with van der Waals surface area (Å²) in [5, 5.41) is 8.65. The molecule has 0 bridgehead atoms. The van der Waals surface area contributed by atoms with E-state index in [1.807, 2.05) is 30.3 Å². The van der Waals surface area contributed by atoms with Crippen LogP contribution in [-0.4, -0.2) is 29.5 Å². The maximum atomic E-state index is 12.2. The predicted octanol–water partition coefficient (Wildman–Crippen LogP) is 2.26. The van der Waals surface area contributed by atoms with Crippen LogP contribution in [0, 0.1) is 0 Å². The number of hydrogen-bond donors (Lipinski definition) is 3. The molecule has 3 N–H and O–H groups in total. The van der Waals surface area contributed by atoms with Crippen molar-refractivity contribution >= 4 is 33.6 Å². The highest BCUT2D eigenvalue weighted by Gasteiger charge is 2.15. The molecule has 1 heterocycles. The number of sulfonamides is 1. The van der Waals surface area contributed by atoms with E-state index in [9.17, 15) is 13.2 Å². The molecule has 2 aromatic carbocycles. The number of amides is 1. The van der Waals surface area contributed by atoms with Crippen molar-refractivity contribution in [1.29, 1.82) is 0 Å². The van der Waals surface area contributed by atoms with Gasteiger partial charge in [-0.05, 0) is 35.9 Å². The normalized spacial score (nSPS) is 11.4. The van der Waals surface area contributed by atoms with Gasteiger partial charge in [-0.3, -0.25) is 4.79 Å². The topological polar surface area (TPSA) is 117 Å². The summed E-state index contributed by atoms with van der Waals surface area (Å²) in [5.74, 6) is -0.294. The van der Waals surface area contributed by atoms with Gasteiger partial charge in [0.1, 0.15) is 6.33 Å². The second kappa shape index (κ2) is 7.62. The number of aromatic amines is 1. The van der Waals surface area contributed by atoms with Gasteiger partial charge >= 0.3 is 0 Å². The molecule has 3 aromatic rings. The van der Waals surface area contributed by atoms with Gasteiger partial charge in [-0.2, -0.15) is 10.1 Å². The molecule has 132 valence electrons. The van der Waals surface area contributed by atoms with Crippen molar-refractivity contribution in [1.82, 2.24) is 15.2 Å². The third-order valence-electron chi connectivity index (χ3n) is 3.30. The van der Waals surface area contributed by atoms with Crippen LogP contribution in [0.25, 0.3) is 6.08 Å². The number of carbonyl (C=O) groups excluding carboxylic acids is 1. The van der Waals surface area contributed by atoms with Crippen LogP contribution in [0.2, 0.25) is 0 Å². The van der Waals surface area contributed by atoms with Gasteiger partial charge in [0.15, 0.2) is 0 Å². The highest BCUT2D eigenvalue weighted by Crippen LogP contribution is 2.16. The zero-order valence-electron chi connectivity index (χ0n) is 13.5. The molecule has 0 spiro atoms. The van der Waals surface area contributed by atoms with Gasteiger partial charge in [-0.15, -0.1) is 0 Å². The summed E-state index contributed by atoms with van der Waals surface area (Å²) in [6.45, 7) is 0. The Bertz CT molecular complexity index is 998. The fraction of sp³-hybridized carbons (Fsp3) is 0. The number of carbonyl (C=O) groups is 1. The minimum atomic E-state index is -3.79. The minimum absolute atomic E-state index is 0.0217. The average Bonchev–Trinajstić information content (AvgIpc) is 3.14. The first kappa shape index (κ1) is 17.4. The Labute approximate surface area is 150 Å². The lowest BCUT2D eigenvalue weighted by Gasteiger charge is -2.06. The molecule has 0 unspecified atom stereocenters. The first-order valence-electron chi connectivity index (χ1n) is 7.55. The van der Waals surface area contributed by atoms with Gasteiger partial charge in [0, 0.05) is 11.8 Å². The molecule has 1 amide bonds. The molecule has 0 aliphatic rings. The number of rotatable bonds is 6. The molecular weight excluding hydrogens is 354 g/mol. The predicted molar refractivity (Wildman–Crippen MR) is 97.7 cm³/mol. The number of nitrogens with zero attached hydrogens (tertiary/aromatic N) is 2. The molecular formula is C17H15N5O3S. The SMILES string of the molecule is O=C(C=Cc1ccccc1)Nc1ccc(S(=O)(=O)Nc2ncn[nH]2)cc1. The van der Waals surface area contributed by atoms with Crippen molar-refractivity contribution < 1.29 is 13.2 Å². The summed E-state index contributed by atoms with van der Waals surface area (Å²) >= 11 is 0. The van der Waals surface area contributed by atoms with Gasteiger partial charge in [0.2, 0.25) is 11.9 Å². The van der Waals surface area contributed by atoms with Crippen LogP contribution >= 0.6 is 0 Å². The smallest absolute Gasteiger partial charge is 0.264 e. The Morgan fingerprint density at radius 1 is 1.04 bits per heavy atom. The van der Waals surface area contributed by atoms with Crippen LogP contribution in [0.5, 0.6) is 0 Å². The second-order valence-electron chi connectivity index (χ2n) is 5.20. The lowest BCUT2D eigenvalue weighted by atomic mass is 10.2. The minimum Gasteiger partial charge on any atom is -0.323 e. The van der Waals surface area contributed by atoms with Crippen molar-refractivity contribution in [2.45, 2.75) is 4.90 Å². The highest BCUT2D eigenvalue weighted by molar-refractivity contribution is 7.92. The fourth-order valence-corrected chi connectivity index (χ4v) is 3.04. The molecule has 8 nitrogen and oxygen atoms in total. The van der Waals surface area contributed by atoms with Crippen LogP contribution in [0.15, 0.2) is 71.9 Å². The fourth-order valence-electron chi connectivity index (χ4n) is 2.08. The maximum Gasteiger partial charge on any atom is 0.264 e. The van der Waals surface area contributed by atoms with E-state index < -0.39 is 10.0 Å². The summed E-state index contributed by atoms with van der Waals surface area (Å²) in [6, 6.07) is 15.2. The summed E-state index contributed by atoms with van der Waals surface area (Å²) in [4.78, 5) is 15.7. The maximum absolute atomic E-state index is 12.2. The monoisotopic (exact) mass is 369 g/mol. The molecule has 0 saturated carbocycles. The number of anilines is 2. The Hall–Kier alpha value is -3.46. The summed E-state index contributed by atoms with van der Waals surface area (Å²) in [7, 11) is -3.79. The molecule has 3 rings (SSSR count). The number of hydrogen-bond acceptors (Lipinski definition) is 5. The van der Waals surface area contributed by atoms with E-state index in [1.165, 1.54) is 36.7 Å². The third-order valence-corrected chi connectivity index (χ3v) is 4.66. The molecule has 1 aromatic heterocycles. The molecule has 26 heavy (non-hydrogen) atoms. The molecule has 0 radical (unpaired) electrons. The number of benzene rings is 2. The molecule has 0 atom stereocenters. The van der Waals surface area contributed by atoms with Crippen LogP contribution in [0.3, 0.4) is 0 Å². The van der Waals surface area contributed by atoms with E-state index in [2.05, 4.69) is 25.2 Å². The van der Waals surface area contributed by atoms with E-state index in [0.29, 0.717) is 5.69 Å². The van der Waals surface area contributed by atoms with E-state index in [1.54, 1.807) is 6.08 Å². The number of nitrogens with one attached hydrogen (secondary N) is 3. The first-order valence-corrected chi connectivity index (χ1v) is 9.04.